The van der Waals surface area contributed by atoms with Crippen LogP contribution in [0.15, 0.2) is 0 Å². The van der Waals surface area contributed by atoms with Crippen LogP contribution < -0.4 is 0 Å². The summed E-state index contributed by atoms with van der Waals surface area (Å²) in [4.78, 5) is 0. The molecule has 0 radical (unpaired) electrons. The molecule has 0 aliphatic rings. The first-order valence-corrected chi connectivity index (χ1v) is 5.53. The molecular weight excluding hydrogens is 308 g/mol. The second-order valence-corrected chi connectivity index (χ2v) is 4.08. The molecule has 1 aromatic carbocycles. The molecular formula is C8H6Cl5FO. The third kappa shape index (κ3) is 3.72. The summed E-state index contributed by atoms with van der Waals surface area (Å²) in [5.74, 6) is -0.363. The van der Waals surface area contributed by atoms with Crippen molar-refractivity contribution in [1.29, 1.82) is 0 Å². The van der Waals surface area contributed by atoms with Gasteiger partial charge in [-0.25, -0.2) is 0 Å². The average Bonchev–Trinajstić information content (AvgIpc) is 2.22. The highest BCUT2D eigenvalue weighted by Crippen LogP contribution is 2.47. The number of hydrogen-bond acceptors (Lipinski definition) is 1. The standard InChI is InChI=1S/C6HCl5O.C2H5F/c7-1-2(8)4(10)6(12)5(11)3(1)9;1-2-3/h12H;2H2,1H3. The second-order valence-electron chi connectivity index (χ2n) is 2.19. The quantitative estimate of drug-likeness (QED) is 0.485. The molecule has 0 fully saturated rings. The van der Waals surface area contributed by atoms with Crippen molar-refractivity contribution in [1.82, 2.24) is 0 Å². The molecule has 0 saturated carbocycles. The van der Waals surface area contributed by atoms with Crippen molar-refractivity contribution in [2.75, 3.05) is 6.67 Å². The Morgan fingerprint density at radius 1 is 0.867 bits per heavy atom. The highest BCUT2D eigenvalue weighted by atomic mass is 35.5. The van der Waals surface area contributed by atoms with Gasteiger partial charge in [-0.2, -0.15) is 0 Å². The largest absolute Gasteiger partial charge is 0.505 e. The lowest BCUT2D eigenvalue weighted by molar-refractivity contribution is 0.476. The minimum Gasteiger partial charge on any atom is -0.505 e. The molecule has 86 valence electrons. The molecule has 0 heterocycles. The number of hydrogen-bond donors (Lipinski definition) is 1. The maximum Gasteiger partial charge on any atom is 0.155 e. The van der Waals surface area contributed by atoms with Gasteiger partial charge in [0.1, 0.15) is 10.0 Å². The molecule has 0 spiro atoms. The predicted molar refractivity (Wildman–Crippen MR) is 64.8 cm³/mol. The van der Waals surface area contributed by atoms with Crippen LogP contribution in [0.1, 0.15) is 6.92 Å². The Hall–Kier alpha value is 0.400. The number of phenols is 1. The van der Waals surface area contributed by atoms with E-state index in [1.54, 1.807) is 0 Å². The molecule has 1 N–H and O–H groups in total. The van der Waals surface area contributed by atoms with Crippen LogP contribution in [0.3, 0.4) is 0 Å². The summed E-state index contributed by atoms with van der Waals surface area (Å²) in [6.07, 6.45) is 0. The fourth-order valence-electron chi connectivity index (χ4n) is 0.593. The van der Waals surface area contributed by atoms with E-state index in [1.165, 1.54) is 6.92 Å². The van der Waals surface area contributed by atoms with Gasteiger partial charge in [0.05, 0.1) is 21.7 Å². The van der Waals surface area contributed by atoms with E-state index < -0.39 is 0 Å². The van der Waals surface area contributed by atoms with Crippen LogP contribution in [0.25, 0.3) is 0 Å². The second kappa shape index (κ2) is 6.87. The molecule has 1 rings (SSSR count). The van der Waals surface area contributed by atoms with Gasteiger partial charge in [-0.3, -0.25) is 4.39 Å². The highest BCUT2D eigenvalue weighted by Gasteiger charge is 2.17. The maximum atomic E-state index is 10.3. The van der Waals surface area contributed by atoms with Gasteiger partial charge in [-0.15, -0.1) is 0 Å². The van der Waals surface area contributed by atoms with E-state index in [9.17, 15) is 9.50 Å². The summed E-state index contributed by atoms with van der Waals surface area (Å²) in [6, 6.07) is 0. The topological polar surface area (TPSA) is 20.2 Å². The summed E-state index contributed by atoms with van der Waals surface area (Å²) >= 11 is 27.9. The van der Waals surface area contributed by atoms with Gasteiger partial charge in [0.25, 0.3) is 0 Å². The zero-order chi connectivity index (χ0) is 12.2. The number of aromatic hydroxyl groups is 1. The summed E-state index contributed by atoms with van der Waals surface area (Å²) < 4.78 is 10.3. The van der Waals surface area contributed by atoms with Gasteiger partial charge in [0, 0.05) is 0 Å². The Morgan fingerprint density at radius 2 is 1.07 bits per heavy atom. The van der Waals surface area contributed by atoms with Gasteiger partial charge in [-0.05, 0) is 6.92 Å². The monoisotopic (exact) mass is 312 g/mol. The lowest BCUT2D eigenvalue weighted by Crippen LogP contribution is -1.78. The Labute approximate surface area is 112 Å². The maximum absolute atomic E-state index is 10.3. The number of halogens is 6. The summed E-state index contributed by atoms with van der Waals surface area (Å²) in [6.45, 7) is 1.21. The molecule has 0 amide bonds. The first-order chi connectivity index (χ1) is 6.88. The van der Waals surface area contributed by atoms with Gasteiger partial charge in [-0.1, -0.05) is 58.0 Å². The Balaban J connectivity index is 0.000000583. The predicted octanol–water partition coefficient (Wildman–Crippen LogP) is 5.64. The SMILES string of the molecule is CCF.Oc1c(Cl)c(Cl)c(Cl)c(Cl)c1Cl. The third-order valence-corrected chi connectivity index (χ3v) is 3.44. The van der Waals surface area contributed by atoms with Crippen LogP contribution in [0.4, 0.5) is 4.39 Å². The van der Waals surface area contributed by atoms with Gasteiger partial charge in [0.15, 0.2) is 5.75 Å². The van der Waals surface area contributed by atoms with Crippen LogP contribution in [0.2, 0.25) is 25.1 Å². The molecule has 0 unspecified atom stereocenters. The summed E-state index contributed by atoms with van der Waals surface area (Å²) in [5.41, 5.74) is 0. The van der Waals surface area contributed by atoms with Gasteiger partial charge < -0.3 is 5.11 Å². The van der Waals surface area contributed by atoms with Crippen molar-refractivity contribution < 1.29 is 9.50 Å². The van der Waals surface area contributed by atoms with E-state index in [2.05, 4.69) is 0 Å². The van der Waals surface area contributed by atoms with Gasteiger partial charge in [0.2, 0.25) is 0 Å². The average molecular weight is 314 g/mol. The molecule has 0 bridgehead atoms. The van der Waals surface area contributed by atoms with Crippen LogP contribution in [-0.2, 0) is 0 Å². The molecule has 0 aliphatic carbocycles. The van der Waals surface area contributed by atoms with Crippen LogP contribution in [-0.4, -0.2) is 11.8 Å². The summed E-state index contributed by atoms with van der Waals surface area (Å²) in [7, 11) is 0. The van der Waals surface area contributed by atoms with Crippen molar-refractivity contribution in [2.45, 2.75) is 6.92 Å². The Bertz CT molecular complexity index is 250. The fraction of sp³-hybridized carbons (Fsp3) is 0.250. The van der Waals surface area contributed by atoms with E-state index in [0.29, 0.717) is 0 Å². The van der Waals surface area contributed by atoms with Crippen molar-refractivity contribution in [2.24, 2.45) is 0 Å². The zero-order valence-corrected chi connectivity index (χ0v) is 11.2. The minimum absolute atomic E-state index is 0.00904. The molecule has 0 saturated heterocycles. The number of benzene rings is 1. The minimum atomic E-state index is -0.363. The smallest absolute Gasteiger partial charge is 0.155 e. The Kier molecular flexibility index (Phi) is 7.05. The van der Waals surface area contributed by atoms with Crippen molar-refractivity contribution in [3.8, 4) is 5.75 Å². The van der Waals surface area contributed by atoms with E-state index in [-0.39, 0.29) is 37.5 Å². The van der Waals surface area contributed by atoms with Crippen LogP contribution in [0.5, 0.6) is 5.75 Å². The summed E-state index contributed by atoms with van der Waals surface area (Å²) in [5, 5.41) is 9.01. The Morgan fingerprint density at radius 3 is 1.33 bits per heavy atom. The zero-order valence-electron chi connectivity index (χ0n) is 7.42. The first kappa shape index (κ1) is 15.4. The van der Waals surface area contributed by atoms with E-state index >= 15 is 0 Å². The molecule has 0 atom stereocenters. The molecule has 7 heteroatoms. The fourth-order valence-corrected chi connectivity index (χ4v) is 1.72. The van der Waals surface area contributed by atoms with Crippen molar-refractivity contribution in [3.63, 3.8) is 0 Å². The molecule has 0 aliphatic heterocycles. The molecule has 0 aromatic heterocycles. The molecule has 1 aromatic rings. The molecule has 1 nitrogen and oxygen atoms in total. The molecule has 15 heavy (non-hydrogen) atoms. The lowest BCUT2D eigenvalue weighted by atomic mass is 10.3. The van der Waals surface area contributed by atoms with E-state index in [0.717, 1.165) is 0 Å². The van der Waals surface area contributed by atoms with Crippen molar-refractivity contribution in [3.05, 3.63) is 25.1 Å². The third-order valence-electron chi connectivity index (χ3n) is 1.19. The van der Waals surface area contributed by atoms with Crippen LogP contribution in [0, 0.1) is 0 Å². The van der Waals surface area contributed by atoms with Crippen LogP contribution >= 0.6 is 58.0 Å². The lowest BCUT2D eigenvalue weighted by Gasteiger charge is -2.06. The number of rotatable bonds is 0. The van der Waals surface area contributed by atoms with E-state index in [1.807, 2.05) is 0 Å². The van der Waals surface area contributed by atoms with Crippen molar-refractivity contribution >= 4 is 58.0 Å². The number of alkyl halides is 1. The van der Waals surface area contributed by atoms with Gasteiger partial charge >= 0.3 is 0 Å². The number of phenolic OH excluding ortho intramolecular Hbond substituents is 1. The first-order valence-electron chi connectivity index (χ1n) is 3.64. The highest BCUT2D eigenvalue weighted by molar-refractivity contribution is 6.55. The normalized spacial score (nSPS) is 9.53. The van der Waals surface area contributed by atoms with E-state index in [4.69, 9.17) is 58.0 Å².